The van der Waals surface area contributed by atoms with E-state index in [1.807, 2.05) is 35.2 Å². The van der Waals surface area contributed by atoms with E-state index < -0.39 is 0 Å². The topological polar surface area (TPSA) is 45.9 Å². The van der Waals surface area contributed by atoms with Crippen LogP contribution in [0.25, 0.3) is 11.0 Å². The molecule has 1 aromatic heterocycles. The molecule has 27 heavy (non-hydrogen) atoms. The molecular formula is C22H22N2O3. The van der Waals surface area contributed by atoms with Crippen LogP contribution < -0.4 is 4.74 Å². The maximum absolute atomic E-state index is 12.8. The molecule has 3 heterocycles. The van der Waals surface area contributed by atoms with Crippen molar-refractivity contribution in [1.29, 1.82) is 0 Å². The van der Waals surface area contributed by atoms with Gasteiger partial charge < -0.3 is 14.1 Å². The van der Waals surface area contributed by atoms with Crippen LogP contribution in [-0.2, 0) is 13.0 Å². The van der Waals surface area contributed by atoms with Gasteiger partial charge in [0, 0.05) is 44.5 Å². The molecule has 1 saturated heterocycles. The molecule has 138 valence electrons. The molecule has 5 rings (SSSR count). The zero-order valence-electron chi connectivity index (χ0n) is 15.2. The highest BCUT2D eigenvalue weighted by atomic mass is 16.5. The SMILES string of the molecule is O=C(c1cc2ccccc2o1)N1CCN(Cc2ccc3c(c2)CCO3)CC1. The van der Waals surface area contributed by atoms with Crippen LogP contribution in [0.15, 0.2) is 52.9 Å². The van der Waals surface area contributed by atoms with Crippen LogP contribution in [0.4, 0.5) is 0 Å². The number of amides is 1. The normalized spacial score (nSPS) is 17.1. The van der Waals surface area contributed by atoms with Gasteiger partial charge >= 0.3 is 0 Å². The van der Waals surface area contributed by atoms with E-state index in [0.29, 0.717) is 5.76 Å². The van der Waals surface area contributed by atoms with Gasteiger partial charge in [-0.2, -0.15) is 0 Å². The first-order valence-electron chi connectivity index (χ1n) is 9.51. The Kier molecular flexibility index (Phi) is 4.09. The largest absolute Gasteiger partial charge is 0.493 e. The predicted octanol–water partition coefficient (Wildman–Crippen LogP) is 3.33. The summed E-state index contributed by atoms with van der Waals surface area (Å²) in [7, 11) is 0. The van der Waals surface area contributed by atoms with Gasteiger partial charge in [-0.15, -0.1) is 0 Å². The van der Waals surface area contributed by atoms with Crippen LogP contribution in [0.5, 0.6) is 5.75 Å². The van der Waals surface area contributed by atoms with E-state index in [-0.39, 0.29) is 5.91 Å². The van der Waals surface area contributed by atoms with E-state index in [2.05, 4.69) is 23.1 Å². The van der Waals surface area contributed by atoms with E-state index >= 15 is 0 Å². The third-order valence-electron chi connectivity index (χ3n) is 5.46. The van der Waals surface area contributed by atoms with Crippen LogP contribution in [0, 0.1) is 0 Å². The molecular weight excluding hydrogens is 340 g/mol. The Bertz CT molecular complexity index is 953. The lowest BCUT2D eigenvalue weighted by Gasteiger charge is -2.34. The Hall–Kier alpha value is -2.79. The number of nitrogens with zero attached hydrogens (tertiary/aromatic N) is 2. The summed E-state index contributed by atoms with van der Waals surface area (Å²) in [4.78, 5) is 17.1. The summed E-state index contributed by atoms with van der Waals surface area (Å²) in [6, 6.07) is 16.1. The van der Waals surface area contributed by atoms with Gasteiger partial charge in [-0.1, -0.05) is 30.3 Å². The summed E-state index contributed by atoms with van der Waals surface area (Å²) in [6.07, 6.45) is 1.00. The number of benzene rings is 2. The van der Waals surface area contributed by atoms with Crippen LogP contribution in [0.2, 0.25) is 0 Å². The minimum absolute atomic E-state index is 0.0134. The van der Waals surface area contributed by atoms with E-state index in [9.17, 15) is 4.79 Å². The first-order valence-corrected chi connectivity index (χ1v) is 9.51. The summed E-state index contributed by atoms with van der Waals surface area (Å²) in [5.41, 5.74) is 3.39. The summed E-state index contributed by atoms with van der Waals surface area (Å²) >= 11 is 0. The monoisotopic (exact) mass is 362 g/mol. The number of hydrogen-bond acceptors (Lipinski definition) is 4. The van der Waals surface area contributed by atoms with Crippen molar-refractivity contribution in [2.45, 2.75) is 13.0 Å². The van der Waals surface area contributed by atoms with E-state index in [1.54, 1.807) is 0 Å². The second kappa shape index (κ2) is 6.74. The molecule has 0 saturated carbocycles. The van der Waals surface area contributed by atoms with Crippen molar-refractivity contribution in [3.8, 4) is 5.75 Å². The molecule has 5 nitrogen and oxygen atoms in total. The van der Waals surface area contributed by atoms with Gasteiger partial charge in [-0.05, 0) is 29.3 Å². The lowest BCUT2D eigenvalue weighted by atomic mass is 10.1. The Morgan fingerprint density at radius 3 is 2.70 bits per heavy atom. The molecule has 0 N–H and O–H groups in total. The Morgan fingerprint density at radius 1 is 1.00 bits per heavy atom. The predicted molar refractivity (Wildman–Crippen MR) is 103 cm³/mol. The quantitative estimate of drug-likeness (QED) is 0.717. The molecule has 2 aliphatic rings. The highest BCUT2D eigenvalue weighted by Crippen LogP contribution is 2.26. The van der Waals surface area contributed by atoms with Crippen molar-refractivity contribution >= 4 is 16.9 Å². The molecule has 2 aromatic carbocycles. The highest BCUT2D eigenvalue weighted by Gasteiger charge is 2.25. The minimum Gasteiger partial charge on any atom is -0.493 e. The maximum Gasteiger partial charge on any atom is 0.289 e. The lowest BCUT2D eigenvalue weighted by molar-refractivity contribution is 0.0600. The Balaban J connectivity index is 1.21. The fourth-order valence-corrected chi connectivity index (χ4v) is 3.95. The second-order valence-electron chi connectivity index (χ2n) is 7.26. The van der Waals surface area contributed by atoms with Gasteiger partial charge in [0.2, 0.25) is 0 Å². The number of carbonyl (C=O) groups is 1. The smallest absolute Gasteiger partial charge is 0.289 e. The van der Waals surface area contributed by atoms with Gasteiger partial charge in [-0.3, -0.25) is 9.69 Å². The molecule has 0 atom stereocenters. The van der Waals surface area contributed by atoms with Gasteiger partial charge in [0.05, 0.1) is 6.61 Å². The number of hydrogen-bond donors (Lipinski definition) is 0. The number of piperazine rings is 1. The number of ether oxygens (including phenoxy) is 1. The molecule has 0 bridgehead atoms. The summed E-state index contributed by atoms with van der Waals surface area (Å²) in [5, 5.41) is 0.972. The molecule has 0 radical (unpaired) electrons. The van der Waals surface area contributed by atoms with Crippen molar-refractivity contribution in [2.75, 3.05) is 32.8 Å². The molecule has 3 aromatic rings. The number of para-hydroxylation sites is 1. The van der Waals surface area contributed by atoms with Gasteiger partial charge in [-0.25, -0.2) is 0 Å². The summed E-state index contributed by atoms with van der Waals surface area (Å²) < 4.78 is 11.3. The van der Waals surface area contributed by atoms with Crippen molar-refractivity contribution in [3.05, 3.63) is 65.4 Å². The van der Waals surface area contributed by atoms with Crippen molar-refractivity contribution in [1.82, 2.24) is 9.80 Å². The van der Waals surface area contributed by atoms with Crippen molar-refractivity contribution < 1.29 is 13.9 Å². The number of carbonyl (C=O) groups excluding carboxylic acids is 1. The zero-order valence-corrected chi connectivity index (χ0v) is 15.2. The lowest BCUT2D eigenvalue weighted by Crippen LogP contribution is -2.48. The van der Waals surface area contributed by atoms with Gasteiger partial charge in [0.1, 0.15) is 11.3 Å². The average molecular weight is 362 g/mol. The summed E-state index contributed by atoms with van der Waals surface area (Å²) in [5.74, 6) is 1.45. The van der Waals surface area contributed by atoms with E-state index in [4.69, 9.17) is 9.15 Å². The third kappa shape index (κ3) is 3.19. The van der Waals surface area contributed by atoms with Gasteiger partial charge in [0.25, 0.3) is 5.91 Å². The van der Waals surface area contributed by atoms with Crippen LogP contribution in [0.3, 0.4) is 0 Å². The zero-order chi connectivity index (χ0) is 18.2. The highest BCUT2D eigenvalue weighted by molar-refractivity contribution is 5.96. The van der Waals surface area contributed by atoms with Crippen molar-refractivity contribution in [2.24, 2.45) is 0 Å². The average Bonchev–Trinajstić information content (AvgIpc) is 3.34. The maximum atomic E-state index is 12.8. The molecule has 0 spiro atoms. The minimum atomic E-state index is -0.0134. The standard InChI is InChI=1S/C22H22N2O3/c25-22(21-14-17-3-1-2-4-20(17)27-21)24-10-8-23(9-11-24)15-16-5-6-19-18(13-16)7-12-26-19/h1-6,13-14H,7-12,15H2. The number of furan rings is 1. The summed E-state index contributed by atoms with van der Waals surface area (Å²) in [6.45, 7) is 4.91. The van der Waals surface area contributed by atoms with Gasteiger partial charge in [0.15, 0.2) is 5.76 Å². The van der Waals surface area contributed by atoms with Crippen molar-refractivity contribution in [3.63, 3.8) is 0 Å². The molecule has 5 heteroatoms. The molecule has 2 aliphatic heterocycles. The third-order valence-corrected chi connectivity index (χ3v) is 5.46. The first kappa shape index (κ1) is 16.4. The van der Waals surface area contributed by atoms with Crippen LogP contribution in [-0.4, -0.2) is 48.5 Å². The Labute approximate surface area is 158 Å². The second-order valence-corrected chi connectivity index (χ2v) is 7.26. The number of fused-ring (bicyclic) bond motifs is 2. The van der Waals surface area contributed by atoms with Crippen LogP contribution >= 0.6 is 0 Å². The molecule has 0 unspecified atom stereocenters. The molecule has 1 fully saturated rings. The molecule has 0 aliphatic carbocycles. The van der Waals surface area contributed by atoms with E-state index in [0.717, 1.165) is 62.5 Å². The first-order chi connectivity index (χ1) is 13.3. The number of rotatable bonds is 3. The Morgan fingerprint density at radius 2 is 1.85 bits per heavy atom. The fraction of sp³-hybridized carbons (Fsp3) is 0.318. The fourth-order valence-electron chi connectivity index (χ4n) is 3.95. The van der Waals surface area contributed by atoms with E-state index in [1.165, 1.54) is 11.1 Å². The van der Waals surface area contributed by atoms with Crippen LogP contribution in [0.1, 0.15) is 21.7 Å². The molecule has 1 amide bonds.